The molecule has 0 saturated carbocycles. The van der Waals surface area contributed by atoms with Crippen molar-refractivity contribution >= 4 is 5.97 Å². The molecule has 0 bridgehead atoms. The van der Waals surface area contributed by atoms with Crippen LogP contribution in [0.25, 0.3) is 0 Å². The summed E-state index contributed by atoms with van der Waals surface area (Å²) in [5.74, 6) is -0.964. The third-order valence-electron chi connectivity index (χ3n) is 3.25. The maximum atomic E-state index is 10.8. The topological polar surface area (TPSA) is 63.3 Å². The Morgan fingerprint density at radius 1 is 1.19 bits per heavy atom. The summed E-state index contributed by atoms with van der Waals surface area (Å²) in [5, 5.41) is 8.87. The summed E-state index contributed by atoms with van der Waals surface area (Å²) >= 11 is 0. The number of aryl methyl sites for hydroxylation is 2. The number of aliphatic carboxylic acids is 1. The van der Waals surface area contributed by atoms with Gasteiger partial charge in [-0.15, -0.1) is 0 Å². The lowest BCUT2D eigenvalue weighted by Gasteiger charge is -2.11. The Labute approximate surface area is 95.3 Å². The van der Waals surface area contributed by atoms with Crippen LogP contribution in [0.2, 0.25) is 0 Å². The van der Waals surface area contributed by atoms with Gasteiger partial charge in [-0.3, -0.25) is 4.79 Å². The largest absolute Gasteiger partial charge is 0.480 e. The van der Waals surface area contributed by atoms with Crippen molar-refractivity contribution in [2.75, 3.05) is 0 Å². The van der Waals surface area contributed by atoms with Gasteiger partial charge in [0.05, 0.1) is 0 Å². The molecule has 0 heterocycles. The monoisotopic (exact) mass is 219 g/mol. The molecule has 1 aromatic carbocycles. The van der Waals surface area contributed by atoms with Gasteiger partial charge in [0.25, 0.3) is 0 Å². The van der Waals surface area contributed by atoms with Crippen LogP contribution in [0.3, 0.4) is 0 Å². The number of carboxylic acid groups (broad SMARTS) is 1. The van der Waals surface area contributed by atoms with E-state index in [1.807, 2.05) is 18.2 Å². The van der Waals surface area contributed by atoms with Crippen LogP contribution in [-0.4, -0.2) is 11.1 Å². The van der Waals surface area contributed by atoms with Crippen LogP contribution < -0.4 is 5.73 Å². The zero-order valence-corrected chi connectivity index (χ0v) is 9.28. The molecule has 3 N–H and O–H groups in total. The second-order valence-corrected chi connectivity index (χ2v) is 4.40. The summed E-state index contributed by atoms with van der Waals surface area (Å²) in [7, 11) is 0. The fraction of sp³-hybridized carbons (Fsp3) is 0.462. The van der Waals surface area contributed by atoms with Gasteiger partial charge < -0.3 is 10.8 Å². The van der Waals surface area contributed by atoms with E-state index in [0.29, 0.717) is 5.56 Å². The molecule has 3 heteroatoms. The second kappa shape index (κ2) is 4.66. The number of carboxylic acids is 1. The zero-order chi connectivity index (χ0) is 11.5. The van der Waals surface area contributed by atoms with Gasteiger partial charge in [0.2, 0.25) is 0 Å². The van der Waals surface area contributed by atoms with Gasteiger partial charge in [-0.2, -0.15) is 0 Å². The lowest BCUT2D eigenvalue weighted by Crippen LogP contribution is -2.20. The highest BCUT2D eigenvalue weighted by Crippen LogP contribution is 2.23. The van der Waals surface area contributed by atoms with Crippen molar-refractivity contribution in [1.82, 2.24) is 0 Å². The van der Waals surface area contributed by atoms with E-state index in [4.69, 9.17) is 10.8 Å². The van der Waals surface area contributed by atoms with Crippen LogP contribution in [0.15, 0.2) is 18.2 Å². The Morgan fingerprint density at radius 3 is 2.56 bits per heavy atom. The molecule has 0 aliphatic heterocycles. The van der Waals surface area contributed by atoms with Crippen LogP contribution in [0, 0.1) is 0 Å². The highest BCUT2D eigenvalue weighted by atomic mass is 16.4. The van der Waals surface area contributed by atoms with E-state index in [2.05, 4.69) is 0 Å². The number of fused-ring (bicyclic) bond motifs is 1. The van der Waals surface area contributed by atoms with E-state index >= 15 is 0 Å². The lowest BCUT2D eigenvalue weighted by molar-refractivity contribution is -0.138. The number of nitrogens with two attached hydrogens (primary N) is 1. The molecular weight excluding hydrogens is 202 g/mol. The van der Waals surface area contributed by atoms with Gasteiger partial charge in [0.1, 0.15) is 6.04 Å². The van der Waals surface area contributed by atoms with Crippen LogP contribution in [0.4, 0.5) is 0 Å². The molecule has 1 aliphatic carbocycles. The average molecular weight is 219 g/mol. The van der Waals surface area contributed by atoms with Crippen molar-refractivity contribution in [3.05, 3.63) is 34.9 Å². The van der Waals surface area contributed by atoms with Crippen molar-refractivity contribution in [2.24, 2.45) is 5.73 Å². The van der Waals surface area contributed by atoms with E-state index in [9.17, 15) is 4.79 Å². The Balaban J connectivity index is 2.30. The van der Waals surface area contributed by atoms with Gasteiger partial charge in [-0.25, -0.2) is 0 Å². The molecule has 1 atom stereocenters. The quantitative estimate of drug-likeness (QED) is 0.748. The maximum Gasteiger partial charge on any atom is 0.325 e. The van der Waals surface area contributed by atoms with Crippen molar-refractivity contribution < 1.29 is 9.90 Å². The fourth-order valence-corrected chi connectivity index (χ4v) is 2.27. The highest BCUT2D eigenvalue weighted by molar-refractivity contribution is 5.75. The lowest BCUT2D eigenvalue weighted by atomic mass is 9.97. The molecule has 1 unspecified atom stereocenters. The summed E-state index contributed by atoms with van der Waals surface area (Å²) < 4.78 is 0. The molecule has 0 aromatic heterocycles. The van der Waals surface area contributed by atoms with Crippen LogP contribution in [-0.2, 0) is 17.6 Å². The molecule has 0 spiro atoms. The minimum absolute atomic E-state index is 0.716. The number of benzene rings is 1. The minimum Gasteiger partial charge on any atom is -0.480 e. The number of carbonyl (C=O) groups is 1. The normalized spacial score (nSPS) is 17.3. The Kier molecular flexibility index (Phi) is 3.25. The number of rotatable bonds is 2. The van der Waals surface area contributed by atoms with Gasteiger partial charge in [0.15, 0.2) is 0 Å². The third-order valence-corrected chi connectivity index (χ3v) is 3.25. The third kappa shape index (κ3) is 2.25. The summed E-state index contributed by atoms with van der Waals surface area (Å²) in [4.78, 5) is 10.8. The molecule has 0 fully saturated rings. The predicted octanol–water partition coefficient (Wildman–Crippen LogP) is 2.04. The van der Waals surface area contributed by atoms with Crippen molar-refractivity contribution in [3.8, 4) is 0 Å². The molecule has 2 rings (SSSR count). The van der Waals surface area contributed by atoms with Crippen LogP contribution >= 0.6 is 0 Å². The predicted molar refractivity (Wildman–Crippen MR) is 62.3 cm³/mol. The fourth-order valence-electron chi connectivity index (χ4n) is 2.27. The SMILES string of the molecule is NC(C(=O)O)c1ccc2c(c1)CCCCC2. The minimum atomic E-state index is -0.964. The van der Waals surface area contributed by atoms with E-state index in [0.717, 1.165) is 12.8 Å². The first-order chi connectivity index (χ1) is 7.68. The van der Waals surface area contributed by atoms with E-state index in [1.54, 1.807) is 0 Å². The van der Waals surface area contributed by atoms with Crippen molar-refractivity contribution in [3.63, 3.8) is 0 Å². The first-order valence-corrected chi connectivity index (χ1v) is 5.78. The molecule has 1 aromatic rings. The number of hydrogen-bond acceptors (Lipinski definition) is 2. The first kappa shape index (κ1) is 11.1. The molecule has 16 heavy (non-hydrogen) atoms. The molecule has 0 amide bonds. The molecular formula is C13H17NO2. The van der Waals surface area contributed by atoms with Gasteiger partial charge >= 0.3 is 5.97 Å². The molecule has 1 aliphatic rings. The van der Waals surface area contributed by atoms with Crippen molar-refractivity contribution in [2.45, 2.75) is 38.1 Å². The van der Waals surface area contributed by atoms with Gasteiger partial charge in [-0.1, -0.05) is 24.6 Å². The van der Waals surface area contributed by atoms with Crippen molar-refractivity contribution in [1.29, 1.82) is 0 Å². The summed E-state index contributed by atoms with van der Waals surface area (Å²) in [6.45, 7) is 0. The highest BCUT2D eigenvalue weighted by Gasteiger charge is 2.16. The van der Waals surface area contributed by atoms with E-state index in [-0.39, 0.29) is 0 Å². The zero-order valence-electron chi connectivity index (χ0n) is 9.28. The van der Waals surface area contributed by atoms with E-state index < -0.39 is 12.0 Å². The second-order valence-electron chi connectivity index (χ2n) is 4.40. The number of hydrogen-bond donors (Lipinski definition) is 2. The first-order valence-electron chi connectivity index (χ1n) is 5.78. The molecule has 86 valence electrons. The smallest absolute Gasteiger partial charge is 0.325 e. The summed E-state index contributed by atoms with van der Waals surface area (Å²) in [6.07, 6.45) is 5.85. The van der Waals surface area contributed by atoms with E-state index in [1.165, 1.54) is 30.4 Å². The molecule has 3 nitrogen and oxygen atoms in total. The Hall–Kier alpha value is -1.35. The molecule has 0 radical (unpaired) electrons. The Bertz CT molecular complexity index is 401. The summed E-state index contributed by atoms with van der Waals surface area (Å²) in [6, 6.07) is 4.97. The van der Waals surface area contributed by atoms with Gasteiger partial charge in [-0.05, 0) is 42.4 Å². The average Bonchev–Trinajstić information content (AvgIpc) is 2.51. The molecule has 0 saturated heterocycles. The Morgan fingerprint density at radius 2 is 1.88 bits per heavy atom. The summed E-state index contributed by atoms with van der Waals surface area (Å²) in [5.41, 5.74) is 8.97. The van der Waals surface area contributed by atoms with Gasteiger partial charge in [0, 0.05) is 0 Å². The van der Waals surface area contributed by atoms with Crippen LogP contribution in [0.5, 0.6) is 0 Å². The maximum absolute atomic E-state index is 10.8. The van der Waals surface area contributed by atoms with Crippen LogP contribution in [0.1, 0.15) is 42.0 Å². The standard InChI is InChI=1S/C13H17NO2/c14-12(13(15)16)11-7-6-9-4-2-1-3-5-10(9)8-11/h6-8,12H,1-5,14H2,(H,15,16).